The van der Waals surface area contributed by atoms with E-state index in [0.29, 0.717) is 30.1 Å². The highest BCUT2D eigenvalue weighted by atomic mass is 16.5. The van der Waals surface area contributed by atoms with Crippen LogP contribution in [-0.4, -0.2) is 44.1 Å². The fraction of sp³-hybridized carbons (Fsp3) is 0.467. The van der Waals surface area contributed by atoms with Crippen LogP contribution < -0.4 is 10.5 Å². The van der Waals surface area contributed by atoms with Gasteiger partial charge in [0.2, 0.25) is 0 Å². The number of carbonyl (C=O) groups is 2. The SMILES string of the molecule is COC(=O)C1CN(C(=O)c2ccc(OC)c(N)c2)CC1C. The van der Waals surface area contributed by atoms with Crippen molar-refractivity contribution in [3.63, 3.8) is 0 Å². The largest absolute Gasteiger partial charge is 0.495 e. The lowest BCUT2D eigenvalue weighted by Gasteiger charge is -2.17. The first-order valence-electron chi connectivity index (χ1n) is 6.78. The Bertz CT molecular complexity index is 559. The van der Waals surface area contributed by atoms with Gasteiger partial charge < -0.3 is 20.1 Å². The predicted molar refractivity (Wildman–Crippen MR) is 78.0 cm³/mol. The summed E-state index contributed by atoms with van der Waals surface area (Å²) in [7, 11) is 2.89. The molecule has 0 bridgehead atoms. The summed E-state index contributed by atoms with van der Waals surface area (Å²) in [5, 5.41) is 0. The summed E-state index contributed by atoms with van der Waals surface area (Å²) in [4.78, 5) is 25.8. The van der Waals surface area contributed by atoms with Crippen LogP contribution in [0.2, 0.25) is 0 Å². The van der Waals surface area contributed by atoms with Gasteiger partial charge in [-0.25, -0.2) is 0 Å². The number of anilines is 1. The van der Waals surface area contributed by atoms with Gasteiger partial charge in [0.15, 0.2) is 0 Å². The van der Waals surface area contributed by atoms with E-state index in [2.05, 4.69) is 0 Å². The Balaban J connectivity index is 2.14. The molecule has 6 nitrogen and oxygen atoms in total. The summed E-state index contributed by atoms with van der Waals surface area (Å²) in [5.41, 5.74) is 6.73. The van der Waals surface area contributed by atoms with Crippen LogP contribution in [0.3, 0.4) is 0 Å². The van der Waals surface area contributed by atoms with Crippen molar-refractivity contribution in [2.45, 2.75) is 6.92 Å². The zero-order valence-electron chi connectivity index (χ0n) is 12.5. The van der Waals surface area contributed by atoms with Crippen molar-refractivity contribution in [1.29, 1.82) is 0 Å². The Hall–Kier alpha value is -2.24. The van der Waals surface area contributed by atoms with Gasteiger partial charge in [0.25, 0.3) is 5.91 Å². The molecule has 1 fully saturated rings. The van der Waals surface area contributed by atoms with Crippen LogP contribution in [0.5, 0.6) is 5.75 Å². The Morgan fingerprint density at radius 2 is 2.00 bits per heavy atom. The van der Waals surface area contributed by atoms with Gasteiger partial charge in [-0.05, 0) is 24.1 Å². The normalized spacial score (nSPS) is 21.2. The van der Waals surface area contributed by atoms with E-state index < -0.39 is 0 Å². The number of esters is 1. The molecule has 1 aliphatic rings. The van der Waals surface area contributed by atoms with Crippen LogP contribution in [-0.2, 0) is 9.53 Å². The molecule has 1 saturated heterocycles. The van der Waals surface area contributed by atoms with Gasteiger partial charge in [0, 0.05) is 18.7 Å². The Morgan fingerprint density at radius 1 is 1.29 bits per heavy atom. The number of nitrogens with zero attached hydrogens (tertiary/aromatic N) is 1. The van der Waals surface area contributed by atoms with E-state index in [9.17, 15) is 9.59 Å². The monoisotopic (exact) mass is 292 g/mol. The molecule has 1 amide bonds. The number of hydrogen-bond donors (Lipinski definition) is 1. The number of likely N-dealkylation sites (tertiary alicyclic amines) is 1. The molecule has 6 heteroatoms. The van der Waals surface area contributed by atoms with E-state index in [1.165, 1.54) is 14.2 Å². The van der Waals surface area contributed by atoms with Crippen LogP contribution in [0.25, 0.3) is 0 Å². The molecule has 1 aromatic carbocycles. The summed E-state index contributed by atoms with van der Waals surface area (Å²) >= 11 is 0. The Morgan fingerprint density at radius 3 is 2.57 bits per heavy atom. The van der Waals surface area contributed by atoms with E-state index >= 15 is 0 Å². The van der Waals surface area contributed by atoms with Gasteiger partial charge in [-0.15, -0.1) is 0 Å². The fourth-order valence-electron chi connectivity index (χ4n) is 2.64. The molecule has 2 unspecified atom stereocenters. The first kappa shape index (κ1) is 15.2. The number of ether oxygens (including phenoxy) is 2. The lowest BCUT2D eigenvalue weighted by molar-refractivity contribution is -0.146. The Kier molecular flexibility index (Phi) is 4.35. The van der Waals surface area contributed by atoms with Gasteiger partial charge in [-0.2, -0.15) is 0 Å². The third kappa shape index (κ3) is 2.94. The standard InChI is InChI=1S/C15H20N2O4/c1-9-7-17(8-11(9)15(19)21-3)14(18)10-4-5-13(20-2)12(16)6-10/h4-6,9,11H,7-8,16H2,1-3H3. The number of methoxy groups -OCH3 is 2. The molecule has 0 saturated carbocycles. The molecular formula is C15H20N2O4. The molecule has 2 atom stereocenters. The number of hydrogen-bond acceptors (Lipinski definition) is 5. The summed E-state index contributed by atoms with van der Waals surface area (Å²) in [6.07, 6.45) is 0. The molecule has 1 aromatic rings. The summed E-state index contributed by atoms with van der Waals surface area (Å²) in [6, 6.07) is 4.94. The molecule has 21 heavy (non-hydrogen) atoms. The van der Waals surface area contributed by atoms with Crippen molar-refractivity contribution < 1.29 is 19.1 Å². The van der Waals surface area contributed by atoms with E-state index in [-0.39, 0.29) is 23.7 Å². The smallest absolute Gasteiger partial charge is 0.310 e. The zero-order valence-corrected chi connectivity index (χ0v) is 12.5. The van der Waals surface area contributed by atoms with E-state index in [0.717, 1.165) is 0 Å². The second-order valence-electron chi connectivity index (χ2n) is 5.27. The lowest BCUT2D eigenvalue weighted by atomic mass is 9.99. The number of benzene rings is 1. The van der Waals surface area contributed by atoms with Crippen LogP contribution in [0.4, 0.5) is 5.69 Å². The predicted octanol–water partition coefficient (Wildman–Crippen LogP) is 1.16. The first-order chi connectivity index (χ1) is 9.97. The molecule has 0 spiro atoms. The van der Waals surface area contributed by atoms with Crippen molar-refractivity contribution in [2.75, 3.05) is 33.0 Å². The second kappa shape index (κ2) is 6.03. The molecule has 0 radical (unpaired) electrons. The average molecular weight is 292 g/mol. The summed E-state index contributed by atoms with van der Waals surface area (Å²) in [5.74, 6) is -0.0602. The van der Waals surface area contributed by atoms with Crippen molar-refractivity contribution in [3.8, 4) is 5.75 Å². The minimum Gasteiger partial charge on any atom is -0.495 e. The minimum absolute atomic E-state index is 0.0806. The fourth-order valence-corrected chi connectivity index (χ4v) is 2.64. The van der Waals surface area contributed by atoms with Crippen LogP contribution >= 0.6 is 0 Å². The highest BCUT2D eigenvalue weighted by molar-refractivity contribution is 5.96. The first-order valence-corrected chi connectivity index (χ1v) is 6.78. The minimum atomic E-state index is -0.271. The van der Waals surface area contributed by atoms with Gasteiger partial charge in [-0.3, -0.25) is 9.59 Å². The molecular weight excluding hydrogens is 272 g/mol. The van der Waals surface area contributed by atoms with Crippen LogP contribution in [0, 0.1) is 11.8 Å². The lowest BCUT2D eigenvalue weighted by Crippen LogP contribution is -2.30. The molecule has 2 rings (SSSR count). The number of nitrogen functional groups attached to an aromatic ring is 1. The molecule has 1 heterocycles. The van der Waals surface area contributed by atoms with Crippen LogP contribution in [0.15, 0.2) is 18.2 Å². The topological polar surface area (TPSA) is 81.9 Å². The van der Waals surface area contributed by atoms with Gasteiger partial charge in [-0.1, -0.05) is 6.92 Å². The highest BCUT2D eigenvalue weighted by Crippen LogP contribution is 2.27. The maximum Gasteiger partial charge on any atom is 0.310 e. The third-order valence-electron chi connectivity index (χ3n) is 3.88. The van der Waals surface area contributed by atoms with Gasteiger partial charge >= 0.3 is 5.97 Å². The summed E-state index contributed by atoms with van der Waals surface area (Å²) < 4.78 is 9.85. The zero-order chi connectivity index (χ0) is 15.6. The Labute approximate surface area is 123 Å². The molecule has 0 aliphatic carbocycles. The van der Waals surface area contributed by atoms with Crippen LogP contribution in [0.1, 0.15) is 17.3 Å². The number of carbonyl (C=O) groups excluding carboxylic acids is 2. The highest BCUT2D eigenvalue weighted by Gasteiger charge is 2.37. The molecule has 0 aromatic heterocycles. The van der Waals surface area contributed by atoms with Crippen molar-refractivity contribution in [1.82, 2.24) is 4.90 Å². The second-order valence-corrected chi connectivity index (χ2v) is 5.27. The van der Waals surface area contributed by atoms with E-state index in [1.54, 1.807) is 23.1 Å². The maximum absolute atomic E-state index is 12.5. The number of rotatable bonds is 3. The molecule has 1 aliphatic heterocycles. The summed E-state index contributed by atoms with van der Waals surface area (Å²) in [6.45, 7) is 2.85. The number of nitrogens with two attached hydrogens (primary N) is 1. The average Bonchev–Trinajstić information content (AvgIpc) is 2.87. The van der Waals surface area contributed by atoms with Crippen molar-refractivity contribution in [3.05, 3.63) is 23.8 Å². The van der Waals surface area contributed by atoms with E-state index in [1.807, 2.05) is 6.92 Å². The molecule has 2 N–H and O–H groups in total. The van der Waals surface area contributed by atoms with Gasteiger partial charge in [0.05, 0.1) is 25.8 Å². The molecule has 114 valence electrons. The number of amides is 1. The van der Waals surface area contributed by atoms with Gasteiger partial charge in [0.1, 0.15) is 5.75 Å². The van der Waals surface area contributed by atoms with E-state index in [4.69, 9.17) is 15.2 Å². The quantitative estimate of drug-likeness (QED) is 0.668. The maximum atomic E-state index is 12.5. The van der Waals surface area contributed by atoms with Crippen molar-refractivity contribution in [2.24, 2.45) is 11.8 Å². The van der Waals surface area contributed by atoms with Crippen molar-refractivity contribution >= 4 is 17.6 Å². The third-order valence-corrected chi connectivity index (χ3v) is 3.88.